The third kappa shape index (κ3) is 5.08. The van der Waals surface area contributed by atoms with Crippen LogP contribution in [0.1, 0.15) is 44.6 Å². The van der Waals surface area contributed by atoms with Gasteiger partial charge in [0.05, 0.1) is 5.92 Å². The first kappa shape index (κ1) is 19.4. The Morgan fingerprint density at radius 1 is 1.12 bits per heavy atom. The van der Waals surface area contributed by atoms with Crippen molar-refractivity contribution in [3.63, 3.8) is 0 Å². The summed E-state index contributed by atoms with van der Waals surface area (Å²) in [4.78, 5) is 20.1. The van der Waals surface area contributed by atoms with E-state index in [4.69, 9.17) is 0 Å². The maximum absolute atomic E-state index is 13.0. The number of amides is 1. The maximum Gasteiger partial charge on any atom is 0.227 e. The van der Waals surface area contributed by atoms with Crippen LogP contribution >= 0.6 is 0 Å². The van der Waals surface area contributed by atoms with E-state index >= 15 is 0 Å². The fourth-order valence-electron chi connectivity index (χ4n) is 4.61. The first-order valence-corrected chi connectivity index (χ1v) is 10.4. The lowest BCUT2D eigenvalue weighted by Crippen LogP contribution is -2.50. The standard InChI is InChI=1S/C22H35N3O/c1-3-13-24-15-11-21(12-16-24)25-14-7-10-20(18-25)22(26)23(2)17-19-8-5-4-6-9-19/h4-6,8-9,20-21H,3,7,10-18H2,1-2H3. The van der Waals surface area contributed by atoms with Gasteiger partial charge < -0.3 is 9.80 Å². The molecule has 1 unspecified atom stereocenters. The number of rotatable bonds is 6. The molecule has 4 nitrogen and oxygen atoms in total. The Labute approximate surface area is 159 Å². The second-order valence-corrected chi connectivity index (χ2v) is 8.09. The van der Waals surface area contributed by atoms with Crippen LogP contribution in [-0.4, -0.2) is 66.4 Å². The molecule has 0 bridgehead atoms. The van der Waals surface area contributed by atoms with Gasteiger partial charge in [-0.2, -0.15) is 0 Å². The molecule has 1 aromatic carbocycles. The van der Waals surface area contributed by atoms with Crippen LogP contribution in [0.5, 0.6) is 0 Å². The summed E-state index contributed by atoms with van der Waals surface area (Å²) in [6.45, 7) is 8.78. The summed E-state index contributed by atoms with van der Waals surface area (Å²) in [7, 11) is 1.96. The van der Waals surface area contributed by atoms with E-state index in [-0.39, 0.29) is 5.92 Å². The number of piperidine rings is 2. The van der Waals surface area contributed by atoms with Gasteiger partial charge >= 0.3 is 0 Å². The second-order valence-electron chi connectivity index (χ2n) is 8.09. The topological polar surface area (TPSA) is 26.8 Å². The van der Waals surface area contributed by atoms with Gasteiger partial charge in [-0.25, -0.2) is 0 Å². The molecule has 3 rings (SSSR count). The largest absolute Gasteiger partial charge is 0.341 e. The summed E-state index contributed by atoms with van der Waals surface area (Å²) in [6.07, 6.45) is 5.98. The van der Waals surface area contributed by atoms with Crippen LogP contribution in [0.3, 0.4) is 0 Å². The number of carbonyl (C=O) groups is 1. The Morgan fingerprint density at radius 2 is 1.85 bits per heavy atom. The molecule has 4 heteroatoms. The van der Waals surface area contributed by atoms with E-state index in [9.17, 15) is 4.79 Å². The van der Waals surface area contributed by atoms with Crippen molar-refractivity contribution >= 4 is 5.91 Å². The van der Waals surface area contributed by atoms with Gasteiger partial charge in [-0.1, -0.05) is 37.3 Å². The van der Waals surface area contributed by atoms with Crippen molar-refractivity contribution in [2.24, 2.45) is 5.92 Å². The van der Waals surface area contributed by atoms with Gasteiger partial charge in [-0.3, -0.25) is 9.69 Å². The molecule has 0 aromatic heterocycles. The molecule has 2 heterocycles. The average molecular weight is 358 g/mol. The van der Waals surface area contributed by atoms with Crippen LogP contribution in [0.15, 0.2) is 30.3 Å². The molecule has 2 saturated heterocycles. The van der Waals surface area contributed by atoms with Gasteiger partial charge in [-0.15, -0.1) is 0 Å². The average Bonchev–Trinajstić information content (AvgIpc) is 2.69. The molecule has 1 atom stereocenters. The molecule has 0 spiro atoms. The van der Waals surface area contributed by atoms with Gasteiger partial charge in [0.1, 0.15) is 0 Å². The molecule has 0 saturated carbocycles. The van der Waals surface area contributed by atoms with Gasteiger partial charge in [0.2, 0.25) is 5.91 Å². The first-order valence-electron chi connectivity index (χ1n) is 10.4. The van der Waals surface area contributed by atoms with Crippen molar-refractivity contribution < 1.29 is 4.79 Å². The molecule has 0 radical (unpaired) electrons. The summed E-state index contributed by atoms with van der Waals surface area (Å²) in [5.74, 6) is 0.494. The smallest absolute Gasteiger partial charge is 0.227 e. The van der Waals surface area contributed by atoms with E-state index < -0.39 is 0 Å². The molecule has 144 valence electrons. The Bertz CT molecular complexity index is 554. The lowest BCUT2D eigenvalue weighted by atomic mass is 9.92. The van der Waals surface area contributed by atoms with Crippen LogP contribution in [0.2, 0.25) is 0 Å². The first-order chi connectivity index (χ1) is 12.7. The van der Waals surface area contributed by atoms with Gasteiger partial charge in [0.15, 0.2) is 0 Å². The van der Waals surface area contributed by atoms with Crippen LogP contribution in [0, 0.1) is 5.92 Å². The van der Waals surface area contributed by atoms with Crippen molar-refractivity contribution in [1.82, 2.24) is 14.7 Å². The molecule has 2 aliphatic rings. The van der Waals surface area contributed by atoms with Gasteiger partial charge in [0, 0.05) is 26.2 Å². The molecule has 2 aliphatic heterocycles. The zero-order valence-corrected chi connectivity index (χ0v) is 16.6. The lowest BCUT2D eigenvalue weighted by Gasteiger charge is -2.42. The molecule has 1 aromatic rings. The summed E-state index contributed by atoms with van der Waals surface area (Å²) in [5.41, 5.74) is 1.21. The van der Waals surface area contributed by atoms with Crippen molar-refractivity contribution in [1.29, 1.82) is 0 Å². The number of hydrogen-bond donors (Lipinski definition) is 0. The maximum atomic E-state index is 13.0. The third-order valence-corrected chi connectivity index (χ3v) is 6.05. The van der Waals surface area contributed by atoms with Crippen molar-refractivity contribution in [3.05, 3.63) is 35.9 Å². The fourth-order valence-corrected chi connectivity index (χ4v) is 4.61. The number of carbonyl (C=O) groups excluding carboxylic acids is 1. The number of nitrogens with zero attached hydrogens (tertiary/aromatic N) is 3. The summed E-state index contributed by atoms with van der Waals surface area (Å²) < 4.78 is 0. The van der Waals surface area contributed by atoms with Crippen LogP contribution in [-0.2, 0) is 11.3 Å². The minimum absolute atomic E-state index is 0.172. The number of benzene rings is 1. The fraction of sp³-hybridized carbons (Fsp3) is 0.682. The monoisotopic (exact) mass is 357 g/mol. The molecule has 2 fully saturated rings. The second kappa shape index (κ2) is 9.52. The highest BCUT2D eigenvalue weighted by Gasteiger charge is 2.32. The van der Waals surface area contributed by atoms with Crippen molar-refractivity contribution in [2.75, 3.05) is 39.8 Å². The highest BCUT2D eigenvalue weighted by atomic mass is 16.2. The summed E-state index contributed by atoms with van der Waals surface area (Å²) >= 11 is 0. The highest BCUT2D eigenvalue weighted by Crippen LogP contribution is 2.25. The van der Waals surface area contributed by atoms with Crippen LogP contribution in [0.25, 0.3) is 0 Å². The van der Waals surface area contributed by atoms with E-state index in [1.54, 1.807) is 0 Å². The quantitative estimate of drug-likeness (QED) is 0.782. The number of hydrogen-bond acceptors (Lipinski definition) is 3. The van der Waals surface area contributed by atoms with E-state index in [1.807, 2.05) is 30.1 Å². The summed E-state index contributed by atoms with van der Waals surface area (Å²) in [6, 6.07) is 11.0. The van der Waals surface area contributed by atoms with Crippen LogP contribution < -0.4 is 0 Å². The number of likely N-dealkylation sites (tertiary alicyclic amines) is 2. The Balaban J connectivity index is 1.50. The van der Waals surface area contributed by atoms with Crippen LogP contribution in [0.4, 0.5) is 0 Å². The minimum Gasteiger partial charge on any atom is -0.341 e. The Morgan fingerprint density at radius 3 is 2.54 bits per heavy atom. The molecule has 0 aliphatic carbocycles. The summed E-state index contributed by atoms with van der Waals surface area (Å²) in [5, 5.41) is 0. The Kier molecular flexibility index (Phi) is 7.09. The third-order valence-electron chi connectivity index (χ3n) is 6.05. The minimum atomic E-state index is 0.172. The lowest BCUT2D eigenvalue weighted by molar-refractivity contribution is -0.137. The molecule has 26 heavy (non-hydrogen) atoms. The molecular formula is C22H35N3O. The Hall–Kier alpha value is -1.39. The van der Waals surface area contributed by atoms with E-state index in [2.05, 4.69) is 28.9 Å². The zero-order valence-electron chi connectivity index (χ0n) is 16.6. The van der Waals surface area contributed by atoms with Crippen molar-refractivity contribution in [3.8, 4) is 0 Å². The van der Waals surface area contributed by atoms with E-state index in [0.29, 0.717) is 18.5 Å². The molecular weight excluding hydrogens is 322 g/mol. The SMILES string of the molecule is CCCN1CCC(N2CCCC(C(=O)N(C)Cc3ccccc3)C2)CC1. The van der Waals surface area contributed by atoms with E-state index in [1.165, 1.54) is 51.0 Å². The van der Waals surface area contributed by atoms with Gasteiger partial charge in [-0.05, 0) is 63.8 Å². The predicted octanol–water partition coefficient (Wildman–Crippen LogP) is 3.23. The molecule has 1 amide bonds. The predicted molar refractivity (Wildman–Crippen MR) is 107 cm³/mol. The van der Waals surface area contributed by atoms with Gasteiger partial charge in [0.25, 0.3) is 0 Å². The zero-order chi connectivity index (χ0) is 18.4. The molecule has 0 N–H and O–H groups in total. The van der Waals surface area contributed by atoms with E-state index in [0.717, 1.165) is 19.4 Å². The normalized spacial score (nSPS) is 23.1. The van der Waals surface area contributed by atoms with Crippen molar-refractivity contribution in [2.45, 2.75) is 51.6 Å². The highest BCUT2D eigenvalue weighted by molar-refractivity contribution is 5.79.